The maximum atomic E-state index is 2.48. The minimum atomic E-state index is 1.09. The summed E-state index contributed by atoms with van der Waals surface area (Å²) in [6.07, 6.45) is 0. The molecule has 0 N–H and O–H groups in total. The zero-order chi connectivity index (χ0) is 37.3. The molecule has 9 aromatic carbocycles. The molecule has 0 bridgehead atoms. The zero-order valence-corrected chi connectivity index (χ0v) is 30.8. The van der Waals surface area contributed by atoms with Crippen molar-refractivity contribution < 1.29 is 0 Å². The Kier molecular flexibility index (Phi) is 8.55. The van der Waals surface area contributed by atoms with Gasteiger partial charge in [-0.15, -0.1) is 0 Å². The quantitative estimate of drug-likeness (QED) is 0.152. The first kappa shape index (κ1) is 33.2. The number of benzene rings is 9. The average Bonchev–Trinajstić information content (AvgIpc) is 3.61. The minimum Gasteiger partial charge on any atom is -0.310 e. The molecule has 0 unspecified atom stereocenters. The number of hydrogen-bond donors (Lipinski definition) is 0. The number of aromatic nitrogens is 1. The van der Waals surface area contributed by atoms with Crippen LogP contribution in [0.1, 0.15) is 0 Å². The van der Waals surface area contributed by atoms with Crippen LogP contribution in [0.5, 0.6) is 0 Å². The van der Waals surface area contributed by atoms with Gasteiger partial charge in [-0.3, -0.25) is 0 Å². The van der Waals surface area contributed by atoms with E-state index in [1.165, 1.54) is 60.8 Å². The van der Waals surface area contributed by atoms with Gasteiger partial charge in [0, 0.05) is 33.3 Å². The molecule has 10 rings (SSSR count). The third-order valence-electron chi connectivity index (χ3n) is 10.8. The molecule has 0 atom stereocenters. The molecule has 0 fully saturated rings. The summed E-state index contributed by atoms with van der Waals surface area (Å²) in [6, 6.07) is 83.1. The summed E-state index contributed by atoms with van der Waals surface area (Å²) in [7, 11) is 0. The molecule has 264 valence electrons. The normalized spacial score (nSPS) is 11.2. The predicted molar refractivity (Wildman–Crippen MR) is 237 cm³/mol. The molecule has 56 heavy (non-hydrogen) atoms. The molecule has 0 spiro atoms. The van der Waals surface area contributed by atoms with Gasteiger partial charge in [0.15, 0.2) is 0 Å². The van der Waals surface area contributed by atoms with E-state index in [4.69, 9.17) is 0 Å². The second kappa shape index (κ2) is 14.4. The first-order valence-corrected chi connectivity index (χ1v) is 19.2. The van der Waals surface area contributed by atoms with Crippen LogP contribution in [0, 0.1) is 0 Å². The van der Waals surface area contributed by atoms with Crippen molar-refractivity contribution in [2.75, 3.05) is 4.90 Å². The summed E-state index contributed by atoms with van der Waals surface area (Å²) in [4.78, 5) is 2.40. The lowest BCUT2D eigenvalue weighted by Crippen LogP contribution is -2.11. The van der Waals surface area contributed by atoms with Crippen LogP contribution in [0.15, 0.2) is 231 Å². The molecule has 1 aromatic heterocycles. The highest BCUT2D eigenvalue weighted by molar-refractivity contribution is 6.11. The van der Waals surface area contributed by atoms with Gasteiger partial charge in [-0.25, -0.2) is 0 Å². The summed E-state index contributed by atoms with van der Waals surface area (Å²) in [5.74, 6) is 0. The van der Waals surface area contributed by atoms with E-state index in [-0.39, 0.29) is 0 Å². The molecular formula is C54H38N2. The molecule has 0 saturated heterocycles. The summed E-state index contributed by atoms with van der Waals surface area (Å²) >= 11 is 0. The highest BCUT2D eigenvalue weighted by Gasteiger charge is 2.22. The van der Waals surface area contributed by atoms with E-state index >= 15 is 0 Å². The highest BCUT2D eigenvalue weighted by atomic mass is 15.1. The van der Waals surface area contributed by atoms with Crippen LogP contribution in [-0.4, -0.2) is 4.57 Å². The van der Waals surface area contributed by atoms with Crippen LogP contribution in [0.4, 0.5) is 17.1 Å². The van der Waals surface area contributed by atoms with E-state index in [1.54, 1.807) is 0 Å². The first-order chi connectivity index (χ1) is 27.8. The van der Waals surface area contributed by atoms with Crippen LogP contribution in [-0.2, 0) is 0 Å². The van der Waals surface area contributed by atoms with Crippen LogP contribution in [0.2, 0.25) is 0 Å². The molecule has 10 aromatic rings. The van der Waals surface area contributed by atoms with E-state index in [9.17, 15) is 0 Å². The molecular weight excluding hydrogens is 677 g/mol. The molecule has 1 heterocycles. The second-order valence-corrected chi connectivity index (χ2v) is 14.1. The summed E-state index contributed by atoms with van der Waals surface area (Å²) in [5.41, 5.74) is 16.2. The number of rotatable bonds is 8. The third kappa shape index (κ3) is 5.95. The zero-order valence-electron chi connectivity index (χ0n) is 30.8. The van der Waals surface area contributed by atoms with Crippen molar-refractivity contribution in [3.63, 3.8) is 0 Å². The van der Waals surface area contributed by atoms with E-state index in [2.05, 4.69) is 240 Å². The Morgan fingerprint density at radius 2 is 0.821 bits per heavy atom. The Morgan fingerprint density at radius 3 is 1.54 bits per heavy atom. The molecule has 0 saturated carbocycles. The third-order valence-corrected chi connectivity index (χ3v) is 10.8. The van der Waals surface area contributed by atoms with E-state index in [1.807, 2.05) is 0 Å². The fraction of sp³-hybridized carbons (Fsp3) is 0. The topological polar surface area (TPSA) is 8.17 Å². The second-order valence-electron chi connectivity index (χ2n) is 14.1. The monoisotopic (exact) mass is 714 g/mol. The van der Waals surface area contributed by atoms with Crippen molar-refractivity contribution in [2.45, 2.75) is 0 Å². The number of anilines is 3. The van der Waals surface area contributed by atoms with Crippen molar-refractivity contribution in [1.29, 1.82) is 0 Å². The summed E-state index contributed by atoms with van der Waals surface area (Å²) < 4.78 is 2.48. The highest BCUT2D eigenvalue weighted by Crippen LogP contribution is 2.45. The fourth-order valence-corrected chi connectivity index (χ4v) is 8.24. The maximum Gasteiger partial charge on any atom is 0.0562 e. The lowest BCUT2D eigenvalue weighted by Gasteiger charge is -2.28. The van der Waals surface area contributed by atoms with Crippen molar-refractivity contribution in [1.82, 2.24) is 4.57 Å². The van der Waals surface area contributed by atoms with Crippen molar-refractivity contribution >= 4 is 38.9 Å². The Balaban J connectivity index is 1.25. The number of para-hydroxylation sites is 3. The maximum absolute atomic E-state index is 2.48. The van der Waals surface area contributed by atoms with Crippen LogP contribution in [0.3, 0.4) is 0 Å². The number of nitrogens with zero attached hydrogens (tertiary/aromatic N) is 2. The van der Waals surface area contributed by atoms with Crippen LogP contribution >= 0.6 is 0 Å². The molecule has 0 radical (unpaired) electrons. The molecule has 0 aliphatic carbocycles. The van der Waals surface area contributed by atoms with Gasteiger partial charge in [0.25, 0.3) is 0 Å². The van der Waals surface area contributed by atoms with E-state index < -0.39 is 0 Å². The Labute approximate surface area is 327 Å². The van der Waals surface area contributed by atoms with E-state index in [0.29, 0.717) is 0 Å². The van der Waals surface area contributed by atoms with Gasteiger partial charge in [0.1, 0.15) is 0 Å². The van der Waals surface area contributed by atoms with Crippen molar-refractivity contribution in [2.24, 2.45) is 0 Å². The smallest absolute Gasteiger partial charge is 0.0562 e. The summed E-state index contributed by atoms with van der Waals surface area (Å²) in [6.45, 7) is 0. The Morgan fingerprint density at radius 1 is 0.286 bits per heavy atom. The molecule has 2 nitrogen and oxygen atoms in total. The SMILES string of the molecule is c1ccc(-c2ccc(-n3c4ccccc4c4ccc(N(c5ccccc5)c5ccccc5-c5ccccc5)cc43)c(-c3ccccc3-c3ccccc3)c2)cc1. The fourth-order valence-electron chi connectivity index (χ4n) is 8.24. The van der Waals surface area contributed by atoms with Gasteiger partial charge in [0.2, 0.25) is 0 Å². The van der Waals surface area contributed by atoms with Gasteiger partial charge >= 0.3 is 0 Å². The lowest BCUT2D eigenvalue weighted by atomic mass is 9.91. The first-order valence-electron chi connectivity index (χ1n) is 19.2. The molecule has 2 heteroatoms. The van der Waals surface area contributed by atoms with Gasteiger partial charge in [-0.2, -0.15) is 0 Å². The van der Waals surface area contributed by atoms with Crippen molar-refractivity contribution in [3.05, 3.63) is 231 Å². The minimum absolute atomic E-state index is 1.09. The van der Waals surface area contributed by atoms with E-state index in [0.717, 1.165) is 28.3 Å². The molecule has 0 aliphatic rings. The standard InChI is InChI=1S/C54H38N2/c1-5-19-39(20-6-1)42-33-36-53(50(37-42)47-29-14-13-27-45(47)40-21-7-2-8-22-40)56-52-32-18-16-30-48(52)49-35-34-44(38-54(49)56)55(43-25-11-4-12-26-43)51-31-17-15-28-46(51)41-23-9-3-10-24-41/h1-38H. The van der Waals surface area contributed by atoms with Crippen LogP contribution in [0.25, 0.3) is 72.0 Å². The Hall–Kier alpha value is -7.42. The predicted octanol–water partition coefficient (Wildman–Crippen LogP) is 14.9. The van der Waals surface area contributed by atoms with Crippen molar-refractivity contribution in [3.8, 4) is 50.2 Å². The largest absolute Gasteiger partial charge is 0.310 e. The van der Waals surface area contributed by atoms with Gasteiger partial charge in [-0.05, 0) is 81.9 Å². The van der Waals surface area contributed by atoms with Gasteiger partial charge in [-0.1, -0.05) is 182 Å². The van der Waals surface area contributed by atoms with Crippen LogP contribution < -0.4 is 4.90 Å². The average molecular weight is 715 g/mol. The molecule has 0 aliphatic heterocycles. The van der Waals surface area contributed by atoms with Gasteiger partial charge < -0.3 is 9.47 Å². The lowest BCUT2D eigenvalue weighted by molar-refractivity contribution is 1.18. The molecule has 0 amide bonds. The number of fused-ring (bicyclic) bond motifs is 3. The number of hydrogen-bond acceptors (Lipinski definition) is 1. The Bertz CT molecular complexity index is 2950. The summed E-state index contributed by atoms with van der Waals surface area (Å²) in [5, 5.41) is 2.43. The van der Waals surface area contributed by atoms with Gasteiger partial charge in [0.05, 0.1) is 22.4 Å².